The van der Waals surface area contributed by atoms with Gasteiger partial charge in [0.2, 0.25) is 5.91 Å². The van der Waals surface area contributed by atoms with E-state index in [9.17, 15) is 18.0 Å². The van der Waals surface area contributed by atoms with E-state index in [2.05, 4.69) is 15.1 Å². The molecule has 1 aliphatic rings. The van der Waals surface area contributed by atoms with Crippen LogP contribution in [0, 0.1) is 5.82 Å². The molecule has 4 rings (SSSR count). The number of nitrogens with zero attached hydrogens (tertiary/aromatic N) is 5. The van der Waals surface area contributed by atoms with E-state index in [-0.39, 0.29) is 48.1 Å². The van der Waals surface area contributed by atoms with Gasteiger partial charge in [0.25, 0.3) is 12.2 Å². The molecule has 2 aromatic heterocycles. The van der Waals surface area contributed by atoms with Crippen LogP contribution < -0.4 is 4.74 Å². The van der Waals surface area contributed by atoms with Gasteiger partial charge < -0.3 is 9.64 Å². The number of piperidine rings is 1. The van der Waals surface area contributed by atoms with E-state index in [4.69, 9.17) is 4.74 Å². The van der Waals surface area contributed by atoms with E-state index in [1.165, 1.54) is 18.5 Å². The zero-order valence-corrected chi connectivity index (χ0v) is 18.0. The van der Waals surface area contributed by atoms with Gasteiger partial charge in [-0.25, -0.2) is 18.2 Å². The summed E-state index contributed by atoms with van der Waals surface area (Å²) in [4.78, 5) is 22.5. The van der Waals surface area contributed by atoms with E-state index in [1.54, 1.807) is 23.1 Å². The Hall–Kier alpha value is -2.88. The summed E-state index contributed by atoms with van der Waals surface area (Å²) in [7, 11) is 0. The van der Waals surface area contributed by atoms with Crippen molar-refractivity contribution in [1.29, 1.82) is 0 Å². The minimum absolute atomic E-state index is 0. The molecule has 172 valence electrons. The molecule has 1 fully saturated rings. The number of alkyl halides is 2. The lowest BCUT2D eigenvalue weighted by atomic mass is 9.92. The molecular weight excluding hydrogens is 447 g/mol. The van der Waals surface area contributed by atoms with Crippen molar-refractivity contribution in [2.24, 2.45) is 0 Å². The lowest BCUT2D eigenvalue weighted by molar-refractivity contribution is -0.132. The first kappa shape index (κ1) is 23.8. The van der Waals surface area contributed by atoms with Crippen molar-refractivity contribution in [2.75, 3.05) is 19.7 Å². The molecule has 1 aromatic carbocycles. The van der Waals surface area contributed by atoms with Crippen LogP contribution in [0.3, 0.4) is 0 Å². The fourth-order valence-electron chi connectivity index (χ4n) is 3.77. The van der Waals surface area contributed by atoms with E-state index in [0.717, 1.165) is 4.52 Å². The normalized spacial score (nSPS) is 14.6. The number of halogens is 4. The number of aromatic nitrogens is 4. The molecular formula is C21H23ClF3N5O2. The number of likely N-dealkylation sites (tertiary alicyclic amines) is 1. The highest BCUT2D eigenvalue weighted by atomic mass is 35.5. The number of benzene rings is 1. The maximum absolute atomic E-state index is 13.5. The third kappa shape index (κ3) is 5.29. The molecule has 32 heavy (non-hydrogen) atoms. The molecule has 0 N–H and O–H groups in total. The molecule has 0 aliphatic carbocycles. The van der Waals surface area contributed by atoms with Crippen molar-refractivity contribution in [3.8, 4) is 5.75 Å². The molecule has 0 bridgehead atoms. The maximum Gasteiger partial charge on any atom is 0.280 e. The summed E-state index contributed by atoms with van der Waals surface area (Å²) in [5.41, 5.74) is 0.326. The minimum atomic E-state index is -2.68. The van der Waals surface area contributed by atoms with Gasteiger partial charge in [-0.15, -0.1) is 12.4 Å². The van der Waals surface area contributed by atoms with Crippen LogP contribution in [0.4, 0.5) is 13.2 Å². The Morgan fingerprint density at radius 1 is 1.22 bits per heavy atom. The molecule has 1 aliphatic heterocycles. The molecule has 11 heteroatoms. The van der Waals surface area contributed by atoms with Crippen LogP contribution in [0.5, 0.6) is 5.75 Å². The molecule has 7 nitrogen and oxygen atoms in total. The molecule has 0 atom stereocenters. The molecule has 3 heterocycles. The van der Waals surface area contributed by atoms with Gasteiger partial charge in [-0.05, 0) is 37.5 Å². The van der Waals surface area contributed by atoms with Gasteiger partial charge in [0, 0.05) is 31.1 Å². The number of hydrogen-bond acceptors (Lipinski definition) is 5. The lowest BCUT2D eigenvalue weighted by Crippen LogP contribution is -2.38. The minimum Gasteiger partial charge on any atom is -0.491 e. The monoisotopic (exact) mass is 469 g/mol. The largest absolute Gasteiger partial charge is 0.491 e. The second-order valence-electron chi connectivity index (χ2n) is 7.42. The van der Waals surface area contributed by atoms with E-state index >= 15 is 0 Å². The molecule has 0 spiro atoms. The second kappa shape index (κ2) is 10.6. The predicted molar refractivity (Wildman–Crippen MR) is 113 cm³/mol. The summed E-state index contributed by atoms with van der Waals surface area (Å²) in [6, 6.07) is 7.53. The number of fused-ring (bicyclic) bond motifs is 1. The predicted octanol–water partition coefficient (Wildman–Crippen LogP) is 4.19. The van der Waals surface area contributed by atoms with Crippen molar-refractivity contribution in [3.63, 3.8) is 0 Å². The average molecular weight is 470 g/mol. The van der Waals surface area contributed by atoms with Gasteiger partial charge in [-0.1, -0.05) is 12.1 Å². The lowest BCUT2D eigenvalue weighted by Gasteiger charge is -2.32. The summed E-state index contributed by atoms with van der Waals surface area (Å²) in [6.45, 7) is 1.31. The Morgan fingerprint density at radius 2 is 1.97 bits per heavy atom. The summed E-state index contributed by atoms with van der Waals surface area (Å²) in [5.74, 6) is -0.113. The van der Waals surface area contributed by atoms with Gasteiger partial charge in [0.15, 0.2) is 11.6 Å². The topological polar surface area (TPSA) is 72.6 Å². The average Bonchev–Trinajstić information content (AvgIpc) is 3.25. The Balaban J connectivity index is 0.00000289. The third-order valence-electron chi connectivity index (χ3n) is 5.42. The number of hydrogen-bond donors (Lipinski definition) is 0. The Morgan fingerprint density at radius 3 is 2.69 bits per heavy atom. The zero-order chi connectivity index (χ0) is 21.8. The van der Waals surface area contributed by atoms with E-state index in [1.807, 2.05) is 0 Å². The van der Waals surface area contributed by atoms with Gasteiger partial charge >= 0.3 is 0 Å². The highest BCUT2D eigenvalue weighted by Gasteiger charge is 2.26. The van der Waals surface area contributed by atoms with Crippen LogP contribution in [-0.4, -0.2) is 50.1 Å². The number of carbonyl (C=O) groups excluding carboxylic acids is 1. The highest BCUT2D eigenvalue weighted by molar-refractivity contribution is 5.85. The van der Waals surface area contributed by atoms with Crippen molar-refractivity contribution < 1.29 is 22.7 Å². The first-order valence-corrected chi connectivity index (χ1v) is 10.2. The maximum atomic E-state index is 13.5. The fraction of sp³-hybridized carbons (Fsp3) is 0.429. The summed E-state index contributed by atoms with van der Waals surface area (Å²) in [6.07, 6.45) is 0.581. The molecule has 0 unspecified atom stereocenters. The quantitative estimate of drug-likeness (QED) is 0.485. The number of amides is 1. The van der Waals surface area contributed by atoms with E-state index < -0.39 is 12.2 Å². The number of carbonyl (C=O) groups is 1. The van der Waals surface area contributed by atoms with E-state index in [0.29, 0.717) is 44.5 Å². The summed E-state index contributed by atoms with van der Waals surface area (Å²) < 4.78 is 46.7. The molecule has 0 radical (unpaired) electrons. The van der Waals surface area contributed by atoms with Gasteiger partial charge in [0.1, 0.15) is 12.0 Å². The molecule has 1 saturated heterocycles. The van der Waals surface area contributed by atoms with Crippen LogP contribution in [0.1, 0.15) is 49.4 Å². The summed E-state index contributed by atoms with van der Waals surface area (Å²) >= 11 is 0. The number of para-hydroxylation sites is 1. The fourth-order valence-corrected chi connectivity index (χ4v) is 3.77. The van der Waals surface area contributed by atoms with Crippen LogP contribution >= 0.6 is 12.4 Å². The molecule has 1 amide bonds. The van der Waals surface area contributed by atoms with Crippen molar-refractivity contribution in [3.05, 3.63) is 53.9 Å². The van der Waals surface area contributed by atoms with Crippen LogP contribution in [0.25, 0.3) is 5.78 Å². The summed E-state index contributed by atoms with van der Waals surface area (Å²) in [5, 5.41) is 3.80. The van der Waals surface area contributed by atoms with Gasteiger partial charge in [-0.3, -0.25) is 4.79 Å². The first-order valence-electron chi connectivity index (χ1n) is 10.2. The van der Waals surface area contributed by atoms with Crippen LogP contribution in [-0.2, 0) is 4.79 Å². The van der Waals surface area contributed by atoms with Gasteiger partial charge in [0.05, 0.1) is 6.61 Å². The number of rotatable bonds is 7. The smallest absolute Gasteiger partial charge is 0.280 e. The molecule has 0 saturated carbocycles. The number of ether oxygens (including phenoxy) is 1. The Labute approximate surface area is 189 Å². The van der Waals surface area contributed by atoms with Crippen molar-refractivity contribution >= 4 is 24.1 Å². The van der Waals surface area contributed by atoms with Crippen molar-refractivity contribution in [1.82, 2.24) is 24.5 Å². The Bertz CT molecular complexity index is 1060. The third-order valence-corrected chi connectivity index (χ3v) is 5.42. The Kier molecular flexibility index (Phi) is 7.89. The second-order valence-corrected chi connectivity index (χ2v) is 7.42. The van der Waals surface area contributed by atoms with Gasteiger partial charge in [-0.2, -0.15) is 14.6 Å². The molecule has 3 aromatic rings. The van der Waals surface area contributed by atoms with Crippen molar-refractivity contribution in [2.45, 2.75) is 38.0 Å². The zero-order valence-electron chi connectivity index (χ0n) is 17.2. The standard InChI is InChI=1S/C21H22F3N5O2.ClH/c22-15-4-1-2-5-18(15)31-11-3-6-19(30)28-9-7-14(8-10-28)16-12-17(20(23)24)29-21(27-16)25-13-26-29;/h1-2,4-5,12-14,20H,3,6-11H2;1H. The van der Waals surface area contributed by atoms with Crippen LogP contribution in [0.2, 0.25) is 0 Å². The first-order chi connectivity index (χ1) is 15.0. The SMILES string of the molecule is Cl.O=C(CCCOc1ccccc1F)N1CCC(c2cc(C(F)F)n3ncnc3n2)CC1. The van der Waals surface area contributed by atoms with Crippen LogP contribution in [0.15, 0.2) is 36.7 Å². The highest BCUT2D eigenvalue weighted by Crippen LogP contribution is 2.30.